The van der Waals surface area contributed by atoms with E-state index in [0.717, 1.165) is 0 Å². The molecule has 0 spiro atoms. The lowest BCUT2D eigenvalue weighted by molar-refractivity contribution is -0.118. The average Bonchev–Trinajstić information content (AvgIpc) is 2.67. The third-order valence-electron chi connectivity index (χ3n) is 2.11. The summed E-state index contributed by atoms with van der Waals surface area (Å²) < 4.78 is 0. The van der Waals surface area contributed by atoms with E-state index in [1.165, 1.54) is 6.92 Å². The minimum Gasteiger partial charge on any atom is -0.345 e. The number of carbonyl (C=O) groups is 1. The average molecular weight is 283 g/mol. The van der Waals surface area contributed by atoms with Crippen molar-refractivity contribution in [1.29, 1.82) is 0 Å². The van der Waals surface area contributed by atoms with Gasteiger partial charge in [-0.1, -0.05) is 23.4 Å². The van der Waals surface area contributed by atoms with Crippen LogP contribution in [0.3, 0.4) is 0 Å². The van der Waals surface area contributed by atoms with E-state index in [0.29, 0.717) is 16.6 Å². The molecule has 2 heterocycles. The van der Waals surface area contributed by atoms with Crippen molar-refractivity contribution in [3.63, 3.8) is 0 Å². The van der Waals surface area contributed by atoms with Crippen molar-refractivity contribution in [3.8, 4) is 11.8 Å². The molecule has 0 bridgehead atoms. The van der Waals surface area contributed by atoms with Crippen molar-refractivity contribution in [2.45, 2.75) is 6.92 Å². The second-order valence-corrected chi connectivity index (χ2v) is 4.12. The molecule has 5 nitrogen and oxygen atoms in total. The number of fused-ring (bicyclic) bond motifs is 1. The monoisotopic (exact) mass is 282 g/mol. The van der Waals surface area contributed by atoms with E-state index >= 15 is 0 Å². The van der Waals surface area contributed by atoms with Crippen molar-refractivity contribution >= 4 is 40.1 Å². The number of nitrogens with one attached hydrogen (secondary N) is 2. The highest BCUT2D eigenvalue weighted by atomic mass is 35.5. The van der Waals surface area contributed by atoms with Gasteiger partial charge in [-0.3, -0.25) is 4.79 Å². The van der Waals surface area contributed by atoms with Crippen molar-refractivity contribution in [2.24, 2.45) is 0 Å². The van der Waals surface area contributed by atoms with E-state index < -0.39 is 0 Å². The Hall–Kier alpha value is -1.77. The number of rotatable bonds is 1. The van der Waals surface area contributed by atoms with Gasteiger partial charge in [0.1, 0.15) is 10.8 Å². The van der Waals surface area contributed by atoms with Gasteiger partial charge in [0.15, 0.2) is 0 Å². The van der Waals surface area contributed by atoms with Crippen molar-refractivity contribution in [1.82, 2.24) is 20.3 Å². The second kappa shape index (κ2) is 5.25. The van der Waals surface area contributed by atoms with Gasteiger partial charge in [0.25, 0.3) is 0 Å². The summed E-state index contributed by atoms with van der Waals surface area (Å²) in [4.78, 5) is 21.4. The Morgan fingerprint density at radius 3 is 3.00 bits per heavy atom. The molecule has 2 N–H and O–H groups in total. The molecule has 0 aliphatic carbocycles. The molecule has 0 radical (unpaired) electrons. The van der Waals surface area contributed by atoms with Crippen LogP contribution in [0.5, 0.6) is 0 Å². The van der Waals surface area contributed by atoms with Crippen LogP contribution in [0, 0.1) is 11.8 Å². The lowest BCUT2D eigenvalue weighted by Gasteiger charge is -1.95. The zero-order chi connectivity index (χ0) is 13.1. The molecule has 0 unspecified atom stereocenters. The zero-order valence-electron chi connectivity index (χ0n) is 9.34. The summed E-state index contributed by atoms with van der Waals surface area (Å²) in [6.45, 7) is 1.70. The first kappa shape index (κ1) is 12.7. The molecular formula is C11H8Cl2N4O. The van der Waals surface area contributed by atoms with Crippen LogP contribution in [0.4, 0.5) is 0 Å². The van der Waals surface area contributed by atoms with E-state index in [-0.39, 0.29) is 22.9 Å². The van der Waals surface area contributed by atoms with Gasteiger partial charge in [0.2, 0.25) is 11.2 Å². The predicted octanol–water partition coefficient (Wildman–Crippen LogP) is 1.75. The number of halogens is 2. The Morgan fingerprint density at radius 1 is 1.50 bits per heavy atom. The number of aromatic amines is 1. The van der Waals surface area contributed by atoms with Crippen LogP contribution >= 0.6 is 23.2 Å². The molecule has 0 atom stereocenters. The summed E-state index contributed by atoms with van der Waals surface area (Å²) >= 11 is 11.7. The fourth-order valence-electron chi connectivity index (χ4n) is 1.37. The molecule has 92 valence electrons. The standard InChI is InChI=1S/C11H8Cl2N4O/c1-6(18)14-4-2-3-7-5-15-10-8(7)9(12)16-11(13)17-10/h5H,4H2,1H3,(H,14,18)(H,15,16,17). The highest BCUT2D eigenvalue weighted by Gasteiger charge is 2.09. The van der Waals surface area contributed by atoms with Crippen molar-refractivity contribution < 1.29 is 4.79 Å². The minimum absolute atomic E-state index is 0.0760. The summed E-state index contributed by atoms with van der Waals surface area (Å²) in [6.07, 6.45) is 1.67. The highest BCUT2D eigenvalue weighted by Crippen LogP contribution is 2.24. The van der Waals surface area contributed by atoms with Crippen LogP contribution in [-0.2, 0) is 4.79 Å². The van der Waals surface area contributed by atoms with E-state index in [4.69, 9.17) is 23.2 Å². The summed E-state index contributed by atoms with van der Waals surface area (Å²) in [5.74, 6) is 5.56. The fraction of sp³-hybridized carbons (Fsp3) is 0.182. The third kappa shape index (κ3) is 2.73. The maximum Gasteiger partial charge on any atom is 0.225 e. The molecule has 0 saturated carbocycles. The molecule has 2 aromatic rings. The van der Waals surface area contributed by atoms with E-state index in [9.17, 15) is 4.79 Å². The molecule has 1 amide bonds. The molecule has 0 saturated heterocycles. The quantitative estimate of drug-likeness (QED) is 0.476. The van der Waals surface area contributed by atoms with Crippen LogP contribution in [0.2, 0.25) is 10.4 Å². The zero-order valence-corrected chi connectivity index (χ0v) is 10.9. The minimum atomic E-state index is -0.128. The maximum absolute atomic E-state index is 10.7. The van der Waals surface area contributed by atoms with E-state index in [2.05, 4.69) is 32.1 Å². The molecule has 0 aromatic carbocycles. The van der Waals surface area contributed by atoms with Gasteiger partial charge in [-0.2, -0.15) is 4.98 Å². The summed E-state index contributed by atoms with van der Waals surface area (Å²) in [6, 6.07) is 0. The van der Waals surface area contributed by atoms with Crippen LogP contribution in [0.1, 0.15) is 12.5 Å². The number of amides is 1. The van der Waals surface area contributed by atoms with E-state index in [1.807, 2.05) is 0 Å². The van der Waals surface area contributed by atoms with Gasteiger partial charge >= 0.3 is 0 Å². The van der Waals surface area contributed by atoms with Crippen LogP contribution in [-0.4, -0.2) is 27.4 Å². The smallest absolute Gasteiger partial charge is 0.225 e. The molecule has 18 heavy (non-hydrogen) atoms. The Morgan fingerprint density at radius 2 is 2.28 bits per heavy atom. The predicted molar refractivity (Wildman–Crippen MR) is 69.5 cm³/mol. The van der Waals surface area contributed by atoms with Crippen LogP contribution < -0.4 is 5.32 Å². The topological polar surface area (TPSA) is 70.7 Å². The largest absolute Gasteiger partial charge is 0.345 e. The Bertz CT molecular complexity index is 669. The van der Waals surface area contributed by atoms with Crippen LogP contribution in [0.25, 0.3) is 11.0 Å². The number of hydrogen-bond donors (Lipinski definition) is 2. The molecule has 2 rings (SSSR count). The normalized spacial score (nSPS) is 9.94. The summed E-state index contributed by atoms with van der Waals surface area (Å²) in [7, 11) is 0. The first-order valence-electron chi connectivity index (χ1n) is 5.01. The third-order valence-corrected chi connectivity index (χ3v) is 2.55. The molecule has 0 fully saturated rings. The first-order chi connectivity index (χ1) is 8.58. The number of aromatic nitrogens is 3. The summed E-state index contributed by atoms with van der Waals surface area (Å²) in [5, 5.41) is 3.51. The lowest BCUT2D eigenvalue weighted by Crippen LogP contribution is -2.19. The molecule has 2 aromatic heterocycles. The SMILES string of the molecule is CC(=O)NCC#Cc1c[nH]c2nc(Cl)nc(Cl)c12. The maximum atomic E-state index is 10.7. The first-order valence-corrected chi connectivity index (χ1v) is 5.77. The highest BCUT2D eigenvalue weighted by molar-refractivity contribution is 6.36. The van der Waals surface area contributed by atoms with Crippen molar-refractivity contribution in [3.05, 3.63) is 22.2 Å². The van der Waals surface area contributed by atoms with Gasteiger partial charge in [-0.25, -0.2) is 4.98 Å². The van der Waals surface area contributed by atoms with Gasteiger partial charge in [-0.15, -0.1) is 0 Å². The molecule has 0 aliphatic heterocycles. The molecule has 0 aliphatic rings. The number of H-pyrrole nitrogens is 1. The Labute approximate surface area is 113 Å². The number of nitrogens with zero attached hydrogens (tertiary/aromatic N) is 2. The van der Waals surface area contributed by atoms with Gasteiger partial charge < -0.3 is 10.3 Å². The van der Waals surface area contributed by atoms with Crippen LogP contribution in [0.15, 0.2) is 6.20 Å². The Kier molecular flexibility index (Phi) is 3.70. The Balaban J connectivity index is 2.32. The van der Waals surface area contributed by atoms with Gasteiger partial charge in [0, 0.05) is 13.1 Å². The molecular weight excluding hydrogens is 275 g/mol. The number of carbonyl (C=O) groups excluding carboxylic acids is 1. The fourth-order valence-corrected chi connectivity index (χ4v) is 1.85. The van der Waals surface area contributed by atoms with Gasteiger partial charge in [0.05, 0.1) is 17.5 Å². The van der Waals surface area contributed by atoms with E-state index in [1.54, 1.807) is 6.20 Å². The number of hydrogen-bond acceptors (Lipinski definition) is 3. The van der Waals surface area contributed by atoms with Gasteiger partial charge in [-0.05, 0) is 11.6 Å². The summed E-state index contributed by atoms with van der Waals surface area (Å²) in [5.41, 5.74) is 1.20. The molecule has 7 heteroatoms. The lowest BCUT2D eigenvalue weighted by atomic mass is 10.2. The second-order valence-electron chi connectivity index (χ2n) is 3.42. The van der Waals surface area contributed by atoms with Crippen molar-refractivity contribution in [2.75, 3.05) is 6.54 Å².